The molecule has 1 heterocycles. The van der Waals surface area contributed by atoms with E-state index >= 15 is 0 Å². The fourth-order valence-electron chi connectivity index (χ4n) is 1.57. The van der Waals surface area contributed by atoms with E-state index in [9.17, 15) is 4.79 Å². The van der Waals surface area contributed by atoms with Crippen molar-refractivity contribution in [1.29, 1.82) is 0 Å². The number of benzene rings is 1. The lowest BCUT2D eigenvalue weighted by atomic mass is 10.3. The molecular weight excluding hydrogens is 348 g/mol. The zero-order valence-electron chi connectivity index (χ0n) is 10.4. The van der Waals surface area contributed by atoms with Gasteiger partial charge in [-0.3, -0.25) is 9.36 Å². The minimum absolute atomic E-state index is 0.131. The Morgan fingerprint density at radius 2 is 2.30 bits per heavy atom. The summed E-state index contributed by atoms with van der Waals surface area (Å²) in [7, 11) is 1.54. The Morgan fingerprint density at radius 3 is 2.95 bits per heavy atom. The van der Waals surface area contributed by atoms with E-state index in [-0.39, 0.29) is 11.7 Å². The van der Waals surface area contributed by atoms with Gasteiger partial charge in [0.25, 0.3) is 0 Å². The van der Waals surface area contributed by atoms with Gasteiger partial charge in [0.15, 0.2) is 5.16 Å². The van der Waals surface area contributed by atoms with Gasteiger partial charge >= 0.3 is 5.97 Å². The van der Waals surface area contributed by atoms with Crippen LogP contribution in [0.5, 0.6) is 5.75 Å². The van der Waals surface area contributed by atoms with Gasteiger partial charge in [-0.05, 0) is 18.2 Å². The zero-order chi connectivity index (χ0) is 14.7. The van der Waals surface area contributed by atoms with Crippen molar-refractivity contribution in [2.45, 2.75) is 5.16 Å². The van der Waals surface area contributed by atoms with Gasteiger partial charge < -0.3 is 15.6 Å². The first-order chi connectivity index (χ1) is 9.52. The number of ether oxygens (including phenoxy) is 1. The highest BCUT2D eigenvalue weighted by Gasteiger charge is 2.17. The molecule has 0 radical (unpaired) electrons. The van der Waals surface area contributed by atoms with Gasteiger partial charge in [-0.1, -0.05) is 27.7 Å². The summed E-state index contributed by atoms with van der Waals surface area (Å²) in [6.07, 6.45) is 0. The van der Waals surface area contributed by atoms with E-state index in [1.165, 1.54) is 7.11 Å². The van der Waals surface area contributed by atoms with Crippen LogP contribution in [0.1, 0.15) is 0 Å². The van der Waals surface area contributed by atoms with Crippen LogP contribution < -0.4 is 10.5 Å². The highest BCUT2D eigenvalue weighted by molar-refractivity contribution is 9.10. The molecule has 0 aliphatic rings. The third kappa shape index (κ3) is 3.05. The molecule has 106 valence electrons. The number of thioether (sulfide) groups is 1. The number of anilines is 1. The molecular formula is C11H11BrN4O3S. The van der Waals surface area contributed by atoms with Crippen LogP contribution in [0.4, 0.5) is 5.95 Å². The minimum Gasteiger partial charge on any atom is -0.495 e. The van der Waals surface area contributed by atoms with Crippen molar-refractivity contribution in [3.63, 3.8) is 0 Å². The Balaban J connectivity index is 2.49. The molecule has 0 bridgehead atoms. The van der Waals surface area contributed by atoms with Gasteiger partial charge in [0, 0.05) is 4.47 Å². The monoisotopic (exact) mass is 358 g/mol. The Morgan fingerprint density at radius 1 is 1.55 bits per heavy atom. The molecule has 2 aromatic rings. The first-order valence-corrected chi connectivity index (χ1v) is 7.20. The topological polar surface area (TPSA) is 103 Å². The normalized spacial score (nSPS) is 10.5. The van der Waals surface area contributed by atoms with Gasteiger partial charge in [-0.15, -0.1) is 10.2 Å². The summed E-state index contributed by atoms with van der Waals surface area (Å²) in [4.78, 5) is 10.7. The van der Waals surface area contributed by atoms with E-state index in [1.54, 1.807) is 16.7 Å². The lowest BCUT2D eigenvalue weighted by molar-refractivity contribution is -0.133. The molecule has 0 amide bonds. The largest absolute Gasteiger partial charge is 0.495 e. The number of nitrogen functional groups attached to an aromatic ring is 1. The van der Waals surface area contributed by atoms with Gasteiger partial charge in [-0.2, -0.15) is 0 Å². The molecule has 2 rings (SSSR count). The van der Waals surface area contributed by atoms with Gasteiger partial charge in [-0.25, -0.2) is 0 Å². The standard InChI is InChI=1S/C11H11BrN4O3S/c1-19-8-3-2-6(12)4-7(8)16-10(13)14-15-11(16)20-5-9(17)18/h2-4H,5H2,1H3,(H2,13,14)(H,17,18). The third-order valence-electron chi connectivity index (χ3n) is 2.36. The molecule has 0 aliphatic heterocycles. The highest BCUT2D eigenvalue weighted by Crippen LogP contribution is 2.31. The number of hydrogen-bond acceptors (Lipinski definition) is 6. The molecule has 0 unspecified atom stereocenters. The van der Waals surface area contributed by atoms with E-state index < -0.39 is 5.97 Å². The summed E-state index contributed by atoms with van der Waals surface area (Å²) in [6, 6.07) is 5.39. The second kappa shape index (κ2) is 6.14. The molecule has 7 nitrogen and oxygen atoms in total. The van der Waals surface area contributed by atoms with Crippen LogP contribution in [0, 0.1) is 0 Å². The number of methoxy groups -OCH3 is 1. The third-order valence-corrected chi connectivity index (χ3v) is 3.77. The lowest BCUT2D eigenvalue weighted by Crippen LogP contribution is -2.06. The second-order valence-electron chi connectivity index (χ2n) is 3.67. The molecule has 1 aromatic carbocycles. The summed E-state index contributed by atoms with van der Waals surface area (Å²) in [5.41, 5.74) is 6.45. The number of carboxylic acids is 1. The Hall–Kier alpha value is -1.74. The summed E-state index contributed by atoms with van der Waals surface area (Å²) < 4.78 is 7.66. The van der Waals surface area contributed by atoms with Crippen LogP contribution in [0.25, 0.3) is 5.69 Å². The van der Waals surface area contributed by atoms with E-state index in [4.69, 9.17) is 15.6 Å². The Bertz CT molecular complexity index is 647. The molecule has 0 saturated carbocycles. The number of aromatic nitrogens is 3. The molecule has 0 spiro atoms. The molecule has 1 aromatic heterocycles. The quantitative estimate of drug-likeness (QED) is 0.785. The van der Waals surface area contributed by atoms with Gasteiger partial charge in [0.1, 0.15) is 5.75 Å². The van der Waals surface area contributed by atoms with Crippen molar-refractivity contribution in [3.8, 4) is 11.4 Å². The minimum atomic E-state index is -0.940. The summed E-state index contributed by atoms with van der Waals surface area (Å²) >= 11 is 4.41. The van der Waals surface area contributed by atoms with E-state index in [0.29, 0.717) is 16.6 Å². The van der Waals surface area contributed by atoms with Crippen molar-refractivity contribution in [2.75, 3.05) is 18.6 Å². The Kier molecular flexibility index (Phi) is 4.50. The molecule has 0 fully saturated rings. The molecule has 9 heteroatoms. The van der Waals surface area contributed by atoms with Crippen molar-refractivity contribution in [3.05, 3.63) is 22.7 Å². The number of rotatable bonds is 5. The number of carbonyl (C=O) groups is 1. The maximum absolute atomic E-state index is 10.7. The smallest absolute Gasteiger partial charge is 0.313 e. The molecule has 0 atom stereocenters. The predicted octanol–water partition coefficient (Wildman–Crippen LogP) is 1.80. The number of aliphatic carboxylic acids is 1. The van der Waals surface area contributed by atoms with Crippen LogP contribution in [0.15, 0.2) is 27.8 Å². The van der Waals surface area contributed by atoms with Crippen molar-refractivity contribution in [1.82, 2.24) is 14.8 Å². The van der Waals surface area contributed by atoms with Crippen LogP contribution in [0.3, 0.4) is 0 Å². The SMILES string of the molecule is COc1ccc(Br)cc1-n1c(N)nnc1SCC(=O)O. The average molecular weight is 359 g/mol. The number of nitrogens with two attached hydrogens (primary N) is 1. The lowest BCUT2D eigenvalue weighted by Gasteiger charge is -2.12. The first kappa shape index (κ1) is 14.7. The van der Waals surface area contributed by atoms with E-state index in [1.807, 2.05) is 6.07 Å². The molecule has 0 aliphatic carbocycles. The first-order valence-electron chi connectivity index (χ1n) is 5.42. The van der Waals surface area contributed by atoms with Crippen molar-refractivity contribution < 1.29 is 14.6 Å². The van der Waals surface area contributed by atoms with Crippen molar-refractivity contribution >= 4 is 39.6 Å². The predicted molar refractivity (Wildman–Crippen MR) is 78.4 cm³/mol. The van der Waals surface area contributed by atoms with Crippen LogP contribution in [0.2, 0.25) is 0 Å². The zero-order valence-corrected chi connectivity index (χ0v) is 12.8. The van der Waals surface area contributed by atoms with Crippen LogP contribution >= 0.6 is 27.7 Å². The van der Waals surface area contributed by atoms with Gasteiger partial charge in [0.2, 0.25) is 5.95 Å². The van der Waals surface area contributed by atoms with Gasteiger partial charge in [0.05, 0.1) is 18.6 Å². The number of nitrogens with zero attached hydrogens (tertiary/aromatic N) is 3. The molecule has 3 N–H and O–H groups in total. The van der Waals surface area contributed by atoms with Crippen LogP contribution in [-0.2, 0) is 4.79 Å². The van der Waals surface area contributed by atoms with Crippen LogP contribution in [-0.4, -0.2) is 38.7 Å². The Labute approximate surface area is 127 Å². The highest BCUT2D eigenvalue weighted by atomic mass is 79.9. The number of halogens is 1. The fraction of sp³-hybridized carbons (Fsp3) is 0.182. The molecule has 20 heavy (non-hydrogen) atoms. The van der Waals surface area contributed by atoms with E-state index in [2.05, 4.69) is 26.1 Å². The second-order valence-corrected chi connectivity index (χ2v) is 5.53. The number of hydrogen-bond donors (Lipinski definition) is 2. The molecule has 0 saturated heterocycles. The summed E-state index contributed by atoms with van der Waals surface area (Å²) in [6.45, 7) is 0. The summed E-state index contributed by atoms with van der Waals surface area (Å²) in [5, 5.41) is 16.8. The average Bonchev–Trinajstić information content (AvgIpc) is 2.77. The fourth-order valence-corrected chi connectivity index (χ4v) is 2.59. The number of carboxylic acid groups (broad SMARTS) is 1. The van der Waals surface area contributed by atoms with E-state index in [0.717, 1.165) is 16.2 Å². The van der Waals surface area contributed by atoms with Crippen molar-refractivity contribution in [2.24, 2.45) is 0 Å². The summed E-state index contributed by atoms with van der Waals surface area (Å²) in [5.74, 6) is -0.329. The maximum Gasteiger partial charge on any atom is 0.313 e. The maximum atomic E-state index is 10.7.